The summed E-state index contributed by atoms with van der Waals surface area (Å²) in [6.45, 7) is 2.01. The lowest BCUT2D eigenvalue weighted by atomic mass is 10.1. The molecule has 0 N–H and O–H groups in total. The van der Waals surface area contributed by atoms with Crippen molar-refractivity contribution in [2.75, 3.05) is 0 Å². The normalized spacial score (nSPS) is 10.5. The topological polar surface area (TPSA) is 17.1 Å². The number of halogens is 1. The molecule has 0 fully saturated rings. The van der Waals surface area contributed by atoms with E-state index >= 15 is 0 Å². The number of aldehydes is 1. The Morgan fingerprint density at radius 3 is 2.83 bits per heavy atom. The Hall–Kier alpha value is -0.890. The molecule has 1 aromatic rings. The largest absolute Gasteiger partial charge is 0.299 e. The first kappa shape index (κ1) is 9.20. The second-order valence-electron chi connectivity index (χ2n) is 2.45. The summed E-state index contributed by atoms with van der Waals surface area (Å²) < 4.78 is 1.07. The molecule has 0 heterocycles. The van der Waals surface area contributed by atoms with Gasteiger partial charge in [-0.25, -0.2) is 0 Å². The van der Waals surface area contributed by atoms with Crippen molar-refractivity contribution in [3.05, 3.63) is 39.9 Å². The standard InChI is InChI=1S/C10H9BrO/c1-8-9(5-3-7-12)4-2-6-10(8)11/h2-7H,1H3/b5-3-. The molecular formula is C10H9BrO. The van der Waals surface area contributed by atoms with Gasteiger partial charge in [-0.3, -0.25) is 4.79 Å². The molecule has 62 valence electrons. The van der Waals surface area contributed by atoms with Crippen LogP contribution in [0.2, 0.25) is 0 Å². The summed E-state index contributed by atoms with van der Waals surface area (Å²) in [7, 11) is 0. The van der Waals surface area contributed by atoms with Gasteiger partial charge in [0.2, 0.25) is 0 Å². The van der Waals surface area contributed by atoms with Crippen molar-refractivity contribution >= 4 is 28.3 Å². The van der Waals surface area contributed by atoms with Gasteiger partial charge in [-0.2, -0.15) is 0 Å². The minimum absolute atomic E-state index is 0.778. The summed E-state index contributed by atoms with van der Waals surface area (Å²) in [6, 6.07) is 5.90. The summed E-state index contributed by atoms with van der Waals surface area (Å²) in [5.41, 5.74) is 2.21. The average molecular weight is 225 g/mol. The molecule has 0 radical (unpaired) electrons. The molecular weight excluding hydrogens is 216 g/mol. The van der Waals surface area contributed by atoms with Crippen molar-refractivity contribution < 1.29 is 4.79 Å². The molecule has 0 aliphatic rings. The fourth-order valence-corrected chi connectivity index (χ4v) is 1.33. The van der Waals surface area contributed by atoms with Crippen molar-refractivity contribution in [2.45, 2.75) is 6.92 Å². The van der Waals surface area contributed by atoms with Crippen LogP contribution in [0, 0.1) is 6.92 Å². The lowest BCUT2D eigenvalue weighted by Gasteiger charge is -2.00. The molecule has 0 aliphatic heterocycles. The lowest BCUT2D eigenvalue weighted by molar-refractivity contribution is -0.104. The molecule has 0 amide bonds. The van der Waals surface area contributed by atoms with Crippen LogP contribution in [0.5, 0.6) is 0 Å². The van der Waals surface area contributed by atoms with Crippen LogP contribution >= 0.6 is 15.9 Å². The van der Waals surface area contributed by atoms with E-state index in [2.05, 4.69) is 15.9 Å². The molecule has 2 heteroatoms. The number of rotatable bonds is 2. The molecule has 0 aliphatic carbocycles. The minimum Gasteiger partial charge on any atom is -0.299 e. The molecule has 1 nitrogen and oxygen atoms in total. The first-order valence-electron chi connectivity index (χ1n) is 3.62. The minimum atomic E-state index is 0.778. The Morgan fingerprint density at radius 2 is 2.17 bits per heavy atom. The maximum atomic E-state index is 10.1. The molecule has 0 bridgehead atoms. The van der Waals surface area contributed by atoms with E-state index < -0.39 is 0 Å². The second kappa shape index (κ2) is 4.21. The quantitative estimate of drug-likeness (QED) is 0.558. The number of carbonyl (C=O) groups is 1. The van der Waals surface area contributed by atoms with Crippen molar-refractivity contribution in [1.82, 2.24) is 0 Å². The summed E-state index contributed by atoms with van der Waals surface area (Å²) in [4.78, 5) is 10.1. The fourth-order valence-electron chi connectivity index (χ4n) is 0.948. The van der Waals surface area contributed by atoms with Gasteiger partial charge in [0.15, 0.2) is 0 Å². The van der Waals surface area contributed by atoms with Gasteiger partial charge in [-0.15, -0.1) is 0 Å². The zero-order valence-corrected chi connectivity index (χ0v) is 8.34. The van der Waals surface area contributed by atoms with Gasteiger partial charge >= 0.3 is 0 Å². The third kappa shape index (κ3) is 2.05. The third-order valence-electron chi connectivity index (χ3n) is 1.66. The number of allylic oxidation sites excluding steroid dienone is 1. The van der Waals surface area contributed by atoms with Gasteiger partial charge in [0.1, 0.15) is 6.29 Å². The molecule has 0 spiro atoms. The van der Waals surface area contributed by atoms with Gasteiger partial charge < -0.3 is 0 Å². The van der Waals surface area contributed by atoms with Crippen LogP contribution in [0.15, 0.2) is 28.7 Å². The number of benzene rings is 1. The summed E-state index contributed by atoms with van der Waals surface area (Å²) in [6.07, 6.45) is 4.07. The van der Waals surface area contributed by atoms with Crippen LogP contribution < -0.4 is 0 Å². The summed E-state index contributed by atoms with van der Waals surface area (Å²) >= 11 is 3.42. The first-order valence-corrected chi connectivity index (χ1v) is 4.42. The molecule has 1 aromatic carbocycles. The molecule has 0 unspecified atom stereocenters. The highest BCUT2D eigenvalue weighted by molar-refractivity contribution is 9.10. The number of hydrogen-bond acceptors (Lipinski definition) is 1. The molecule has 1 rings (SSSR count). The second-order valence-corrected chi connectivity index (χ2v) is 3.30. The Balaban J connectivity index is 3.07. The number of carbonyl (C=O) groups excluding carboxylic acids is 1. The monoisotopic (exact) mass is 224 g/mol. The molecule has 0 aromatic heterocycles. The summed E-state index contributed by atoms with van der Waals surface area (Å²) in [5, 5.41) is 0. The SMILES string of the molecule is Cc1c(Br)cccc1/C=C\C=O. The van der Waals surface area contributed by atoms with E-state index in [-0.39, 0.29) is 0 Å². The Kier molecular flexibility index (Phi) is 3.23. The Labute approximate surface area is 80.2 Å². The highest BCUT2D eigenvalue weighted by atomic mass is 79.9. The van der Waals surface area contributed by atoms with Crippen molar-refractivity contribution in [3.8, 4) is 0 Å². The van der Waals surface area contributed by atoms with Crippen LogP contribution in [0.4, 0.5) is 0 Å². The highest BCUT2D eigenvalue weighted by Gasteiger charge is 1.96. The Morgan fingerprint density at radius 1 is 1.42 bits per heavy atom. The van der Waals surface area contributed by atoms with E-state index in [1.807, 2.05) is 25.1 Å². The van der Waals surface area contributed by atoms with Gasteiger partial charge in [0.05, 0.1) is 0 Å². The van der Waals surface area contributed by atoms with Crippen molar-refractivity contribution in [1.29, 1.82) is 0 Å². The smallest absolute Gasteiger partial charge is 0.142 e. The van der Waals surface area contributed by atoms with E-state index in [0.717, 1.165) is 21.9 Å². The maximum absolute atomic E-state index is 10.1. The van der Waals surface area contributed by atoms with Gasteiger partial charge in [0, 0.05) is 4.47 Å². The van der Waals surface area contributed by atoms with Crippen LogP contribution in [0.3, 0.4) is 0 Å². The fraction of sp³-hybridized carbons (Fsp3) is 0.100. The zero-order valence-electron chi connectivity index (χ0n) is 6.75. The average Bonchev–Trinajstić information content (AvgIpc) is 2.08. The van der Waals surface area contributed by atoms with Crippen LogP contribution in [-0.2, 0) is 4.79 Å². The lowest BCUT2D eigenvalue weighted by Crippen LogP contribution is -1.81. The molecule has 12 heavy (non-hydrogen) atoms. The first-order chi connectivity index (χ1) is 5.75. The third-order valence-corrected chi connectivity index (χ3v) is 2.52. The predicted molar refractivity (Wildman–Crippen MR) is 54.0 cm³/mol. The van der Waals surface area contributed by atoms with E-state index in [4.69, 9.17) is 0 Å². The van der Waals surface area contributed by atoms with Crippen LogP contribution in [0.1, 0.15) is 11.1 Å². The highest BCUT2D eigenvalue weighted by Crippen LogP contribution is 2.19. The maximum Gasteiger partial charge on any atom is 0.142 e. The van der Waals surface area contributed by atoms with Gasteiger partial charge in [0.25, 0.3) is 0 Å². The number of hydrogen-bond donors (Lipinski definition) is 0. The zero-order chi connectivity index (χ0) is 8.97. The van der Waals surface area contributed by atoms with Crippen LogP contribution in [0.25, 0.3) is 6.08 Å². The van der Waals surface area contributed by atoms with Crippen LogP contribution in [-0.4, -0.2) is 6.29 Å². The summed E-state index contributed by atoms with van der Waals surface area (Å²) in [5.74, 6) is 0. The van der Waals surface area contributed by atoms with Gasteiger partial charge in [-0.05, 0) is 30.2 Å². The predicted octanol–water partition coefficient (Wildman–Crippen LogP) is 2.97. The van der Waals surface area contributed by atoms with E-state index in [1.54, 1.807) is 6.08 Å². The van der Waals surface area contributed by atoms with Crippen molar-refractivity contribution in [3.63, 3.8) is 0 Å². The van der Waals surface area contributed by atoms with E-state index in [0.29, 0.717) is 0 Å². The van der Waals surface area contributed by atoms with E-state index in [1.165, 1.54) is 6.08 Å². The Bertz CT molecular complexity index is 316. The molecule has 0 saturated carbocycles. The van der Waals surface area contributed by atoms with Gasteiger partial charge in [-0.1, -0.05) is 34.1 Å². The molecule has 0 saturated heterocycles. The van der Waals surface area contributed by atoms with Crippen molar-refractivity contribution in [2.24, 2.45) is 0 Å². The molecule has 0 atom stereocenters. The van der Waals surface area contributed by atoms with E-state index in [9.17, 15) is 4.79 Å².